The van der Waals surface area contributed by atoms with Crippen LogP contribution in [0.15, 0.2) is 36.7 Å². The first-order chi connectivity index (χ1) is 11.1. The molecule has 1 aromatic carbocycles. The molecule has 2 heterocycles. The fraction of sp³-hybridized carbons (Fsp3) is 0.412. The molecule has 1 aromatic heterocycles. The van der Waals surface area contributed by atoms with Crippen LogP contribution in [-0.2, 0) is 13.1 Å². The number of imidazole rings is 1. The van der Waals surface area contributed by atoms with Crippen LogP contribution >= 0.6 is 0 Å². The molecule has 0 unspecified atom stereocenters. The zero-order valence-corrected chi connectivity index (χ0v) is 13.5. The molecule has 0 saturated carbocycles. The second kappa shape index (κ2) is 6.73. The van der Waals surface area contributed by atoms with E-state index < -0.39 is 0 Å². The summed E-state index contributed by atoms with van der Waals surface area (Å²) in [6.45, 7) is 6.07. The van der Waals surface area contributed by atoms with Gasteiger partial charge in [-0.1, -0.05) is 32.0 Å². The highest BCUT2D eigenvalue weighted by atomic mass is 16.5. The number of urea groups is 1. The van der Waals surface area contributed by atoms with Crippen molar-refractivity contribution in [2.24, 2.45) is 5.92 Å². The van der Waals surface area contributed by atoms with Crippen LogP contribution in [0, 0.1) is 5.92 Å². The smallest absolute Gasteiger partial charge is 0.315 e. The molecule has 1 aliphatic heterocycles. The Kier molecular flexibility index (Phi) is 4.50. The maximum atomic E-state index is 12.1. The Morgan fingerprint density at radius 2 is 2.26 bits per heavy atom. The topological polar surface area (TPSA) is 68.2 Å². The number of ether oxygens (including phenoxy) is 1. The normalized spacial score (nSPS) is 16.0. The molecule has 6 nitrogen and oxygen atoms in total. The quantitative estimate of drug-likeness (QED) is 0.891. The number of carbonyl (C=O) groups is 1. The van der Waals surface area contributed by atoms with E-state index in [1.807, 2.05) is 30.5 Å². The van der Waals surface area contributed by atoms with E-state index in [1.165, 1.54) is 0 Å². The van der Waals surface area contributed by atoms with Crippen molar-refractivity contribution >= 4 is 6.03 Å². The monoisotopic (exact) mass is 314 g/mol. The average Bonchev–Trinajstić information content (AvgIpc) is 3.12. The summed E-state index contributed by atoms with van der Waals surface area (Å²) in [6.07, 6.45) is 3.70. The molecule has 1 atom stereocenters. The average molecular weight is 314 g/mol. The first kappa shape index (κ1) is 15.4. The zero-order chi connectivity index (χ0) is 16.2. The summed E-state index contributed by atoms with van der Waals surface area (Å²) in [5.41, 5.74) is 1.02. The van der Waals surface area contributed by atoms with E-state index in [0.29, 0.717) is 19.1 Å². The summed E-state index contributed by atoms with van der Waals surface area (Å²) in [5.74, 6) is 2.23. The van der Waals surface area contributed by atoms with Gasteiger partial charge in [0.05, 0.1) is 12.6 Å². The Hall–Kier alpha value is -2.50. The van der Waals surface area contributed by atoms with E-state index in [2.05, 4.69) is 34.0 Å². The Labute approximate surface area is 135 Å². The van der Waals surface area contributed by atoms with Crippen LogP contribution in [-0.4, -0.2) is 22.2 Å². The van der Waals surface area contributed by atoms with Crippen molar-refractivity contribution < 1.29 is 9.53 Å². The number of para-hydroxylation sites is 1. The number of hydrogen-bond acceptors (Lipinski definition) is 3. The van der Waals surface area contributed by atoms with Gasteiger partial charge in [0.25, 0.3) is 0 Å². The standard InChI is InChI=1S/C17H22N4O2/c1-12(2)10-21-8-7-18-16(21)9-19-17(22)20-14-11-23-15-6-4-3-5-13(14)15/h3-8,12,14H,9-11H2,1-2H3,(H2,19,20,22)/t14-/m1/s1. The molecule has 2 amide bonds. The van der Waals surface area contributed by atoms with Gasteiger partial charge in [0.15, 0.2) is 0 Å². The van der Waals surface area contributed by atoms with Gasteiger partial charge in [-0.2, -0.15) is 0 Å². The number of aromatic nitrogens is 2. The molecule has 0 radical (unpaired) electrons. The molecule has 2 N–H and O–H groups in total. The van der Waals surface area contributed by atoms with Gasteiger partial charge in [0, 0.05) is 24.5 Å². The van der Waals surface area contributed by atoms with Crippen molar-refractivity contribution in [1.82, 2.24) is 20.2 Å². The number of rotatable bonds is 5. The lowest BCUT2D eigenvalue weighted by Crippen LogP contribution is -2.38. The van der Waals surface area contributed by atoms with Crippen molar-refractivity contribution in [3.63, 3.8) is 0 Å². The summed E-state index contributed by atoms with van der Waals surface area (Å²) in [6, 6.07) is 7.44. The lowest BCUT2D eigenvalue weighted by molar-refractivity contribution is 0.231. The van der Waals surface area contributed by atoms with Gasteiger partial charge in [-0.25, -0.2) is 9.78 Å². The molecule has 6 heteroatoms. The summed E-state index contributed by atoms with van der Waals surface area (Å²) in [5, 5.41) is 5.81. The minimum atomic E-state index is -0.214. The first-order valence-corrected chi connectivity index (χ1v) is 7.89. The Morgan fingerprint density at radius 3 is 3.09 bits per heavy atom. The molecular weight excluding hydrogens is 292 g/mol. The molecule has 0 saturated heterocycles. The van der Waals surface area contributed by atoms with Crippen LogP contribution in [0.3, 0.4) is 0 Å². The van der Waals surface area contributed by atoms with E-state index in [-0.39, 0.29) is 12.1 Å². The highest BCUT2D eigenvalue weighted by Crippen LogP contribution is 2.31. The molecule has 0 spiro atoms. The number of fused-ring (bicyclic) bond motifs is 1. The third-order valence-electron chi connectivity index (χ3n) is 3.78. The SMILES string of the molecule is CC(C)Cn1ccnc1CNC(=O)N[C@@H]1COc2ccccc21. The molecule has 0 aliphatic carbocycles. The minimum Gasteiger partial charge on any atom is -0.491 e. The maximum absolute atomic E-state index is 12.1. The van der Waals surface area contributed by atoms with E-state index in [1.54, 1.807) is 6.20 Å². The molecule has 1 aliphatic rings. The molecule has 0 bridgehead atoms. The minimum absolute atomic E-state index is 0.110. The number of nitrogens with zero attached hydrogens (tertiary/aromatic N) is 2. The molecular formula is C17H22N4O2. The van der Waals surface area contributed by atoms with Crippen molar-refractivity contribution in [3.8, 4) is 5.75 Å². The summed E-state index contributed by atoms with van der Waals surface area (Å²) in [7, 11) is 0. The molecule has 122 valence electrons. The number of nitrogens with one attached hydrogen (secondary N) is 2. The van der Waals surface area contributed by atoms with Crippen molar-refractivity contribution in [3.05, 3.63) is 48.0 Å². The molecule has 3 rings (SSSR count). The lowest BCUT2D eigenvalue weighted by atomic mass is 10.1. The first-order valence-electron chi connectivity index (χ1n) is 7.89. The third kappa shape index (κ3) is 3.64. The second-order valence-corrected chi connectivity index (χ2v) is 6.12. The van der Waals surface area contributed by atoms with Crippen LogP contribution in [0.5, 0.6) is 5.75 Å². The van der Waals surface area contributed by atoms with E-state index in [0.717, 1.165) is 23.7 Å². The van der Waals surface area contributed by atoms with Crippen molar-refractivity contribution in [2.75, 3.05) is 6.61 Å². The molecule has 0 fully saturated rings. The van der Waals surface area contributed by atoms with Crippen molar-refractivity contribution in [2.45, 2.75) is 33.0 Å². The van der Waals surface area contributed by atoms with Gasteiger partial charge in [0.1, 0.15) is 18.2 Å². The van der Waals surface area contributed by atoms with Gasteiger partial charge in [-0.3, -0.25) is 0 Å². The van der Waals surface area contributed by atoms with Crippen LogP contribution in [0.2, 0.25) is 0 Å². The van der Waals surface area contributed by atoms with Gasteiger partial charge in [-0.05, 0) is 12.0 Å². The third-order valence-corrected chi connectivity index (χ3v) is 3.78. The van der Waals surface area contributed by atoms with E-state index in [9.17, 15) is 4.79 Å². The number of amides is 2. The molecule has 2 aromatic rings. The Bertz CT molecular complexity index is 681. The van der Waals surface area contributed by atoms with Crippen LogP contribution < -0.4 is 15.4 Å². The van der Waals surface area contributed by atoms with Crippen LogP contribution in [0.25, 0.3) is 0 Å². The van der Waals surface area contributed by atoms with Crippen LogP contribution in [0.1, 0.15) is 31.3 Å². The largest absolute Gasteiger partial charge is 0.491 e. The van der Waals surface area contributed by atoms with E-state index >= 15 is 0 Å². The maximum Gasteiger partial charge on any atom is 0.315 e. The van der Waals surface area contributed by atoms with Crippen LogP contribution in [0.4, 0.5) is 4.79 Å². The van der Waals surface area contributed by atoms with Crippen molar-refractivity contribution in [1.29, 1.82) is 0 Å². The highest BCUT2D eigenvalue weighted by molar-refractivity contribution is 5.74. The zero-order valence-electron chi connectivity index (χ0n) is 13.5. The number of hydrogen-bond donors (Lipinski definition) is 2. The highest BCUT2D eigenvalue weighted by Gasteiger charge is 2.24. The van der Waals surface area contributed by atoms with Gasteiger partial charge in [0.2, 0.25) is 0 Å². The number of carbonyl (C=O) groups excluding carboxylic acids is 1. The number of benzene rings is 1. The lowest BCUT2D eigenvalue weighted by Gasteiger charge is -2.14. The fourth-order valence-electron chi connectivity index (χ4n) is 2.72. The summed E-state index contributed by atoms with van der Waals surface area (Å²) >= 11 is 0. The predicted octanol–water partition coefficient (Wildman–Crippen LogP) is 2.47. The fourth-order valence-corrected chi connectivity index (χ4v) is 2.72. The summed E-state index contributed by atoms with van der Waals surface area (Å²) < 4.78 is 7.63. The molecule has 23 heavy (non-hydrogen) atoms. The Balaban J connectivity index is 1.54. The predicted molar refractivity (Wildman–Crippen MR) is 87.1 cm³/mol. The van der Waals surface area contributed by atoms with E-state index in [4.69, 9.17) is 4.74 Å². The summed E-state index contributed by atoms with van der Waals surface area (Å²) in [4.78, 5) is 16.4. The van der Waals surface area contributed by atoms with Gasteiger partial charge in [-0.15, -0.1) is 0 Å². The Morgan fingerprint density at radius 1 is 1.43 bits per heavy atom. The van der Waals surface area contributed by atoms with Gasteiger partial charge < -0.3 is 19.9 Å². The van der Waals surface area contributed by atoms with Gasteiger partial charge >= 0.3 is 6.03 Å². The second-order valence-electron chi connectivity index (χ2n) is 6.12.